The highest BCUT2D eigenvalue weighted by Crippen LogP contribution is 2.38. The van der Waals surface area contributed by atoms with Gasteiger partial charge in [-0.05, 0) is 49.3 Å². The lowest BCUT2D eigenvalue weighted by Gasteiger charge is -2.37. The van der Waals surface area contributed by atoms with E-state index in [-0.39, 0.29) is 6.04 Å². The topological polar surface area (TPSA) is 63.4 Å². The molecule has 1 aromatic heterocycles. The van der Waals surface area contributed by atoms with Crippen LogP contribution in [0.25, 0.3) is 17.0 Å². The number of hydrogen-bond acceptors (Lipinski definition) is 5. The molecule has 3 aromatic carbocycles. The zero-order valence-corrected chi connectivity index (χ0v) is 20.7. The van der Waals surface area contributed by atoms with Crippen molar-refractivity contribution in [2.24, 2.45) is 0 Å². The highest BCUT2D eigenvalue weighted by atomic mass is 32.1. The van der Waals surface area contributed by atoms with E-state index in [2.05, 4.69) is 65.6 Å². The monoisotopic (exact) mass is 482 g/mol. The van der Waals surface area contributed by atoms with Gasteiger partial charge in [-0.2, -0.15) is 4.98 Å². The summed E-state index contributed by atoms with van der Waals surface area (Å²) in [6.45, 7) is 4.79. The average Bonchev–Trinajstić information content (AvgIpc) is 3.37. The number of hydrogen-bond donors (Lipinski definition) is 1. The van der Waals surface area contributed by atoms with Gasteiger partial charge in [0.15, 0.2) is 5.11 Å². The smallest absolute Gasteiger partial charge is 0.258 e. The Morgan fingerprint density at radius 3 is 2.57 bits per heavy atom. The van der Waals surface area contributed by atoms with E-state index in [1.165, 1.54) is 11.1 Å². The molecule has 6 nitrogen and oxygen atoms in total. The average molecular weight is 483 g/mol. The molecule has 4 aromatic rings. The Balaban J connectivity index is 1.59. The fraction of sp³-hybridized carbons (Fsp3) is 0.179. The van der Waals surface area contributed by atoms with E-state index in [1.807, 2.05) is 42.5 Å². The molecular weight excluding hydrogens is 456 g/mol. The summed E-state index contributed by atoms with van der Waals surface area (Å²) in [5.41, 5.74) is 6.16. The fourth-order valence-electron chi connectivity index (χ4n) is 4.35. The van der Waals surface area contributed by atoms with Crippen molar-refractivity contribution in [3.63, 3.8) is 0 Å². The van der Waals surface area contributed by atoms with Crippen LogP contribution in [0.4, 0.5) is 0 Å². The second kappa shape index (κ2) is 9.72. The minimum absolute atomic E-state index is 0.212. The molecule has 1 N–H and O–H groups in total. The predicted molar refractivity (Wildman–Crippen MR) is 141 cm³/mol. The molecule has 0 saturated heterocycles. The highest BCUT2D eigenvalue weighted by Gasteiger charge is 2.34. The molecule has 0 fully saturated rings. The molecule has 7 heteroatoms. The van der Waals surface area contributed by atoms with Gasteiger partial charge in [-0.15, -0.1) is 0 Å². The molecule has 1 atom stereocenters. The molecule has 5 rings (SSSR count). The summed E-state index contributed by atoms with van der Waals surface area (Å²) in [4.78, 5) is 6.88. The standard InChI is InChI=1S/C28H26N4O2S/c1-18-9-7-10-20(15-18)17-32-19(2)24(25(29-28(32)35)21-11-5-4-6-12-21)27-30-26(31-34-27)22-13-8-14-23(16-22)33-3/h4-16,25H,17H2,1-3H3,(H,29,35). The Kier molecular flexibility index (Phi) is 6.33. The van der Waals surface area contributed by atoms with Gasteiger partial charge in [0.05, 0.1) is 18.7 Å². The van der Waals surface area contributed by atoms with Crippen LogP contribution in [0.1, 0.15) is 35.5 Å². The van der Waals surface area contributed by atoms with Gasteiger partial charge < -0.3 is 19.5 Å². The van der Waals surface area contributed by atoms with E-state index >= 15 is 0 Å². The third-order valence-electron chi connectivity index (χ3n) is 6.14. The number of nitrogens with zero attached hydrogens (tertiary/aromatic N) is 3. The van der Waals surface area contributed by atoms with Crippen LogP contribution in [0.2, 0.25) is 0 Å². The van der Waals surface area contributed by atoms with Crippen molar-refractivity contribution in [2.45, 2.75) is 26.4 Å². The van der Waals surface area contributed by atoms with E-state index in [4.69, 9.17) is 26.5 Å². The molecule has 0 saturated carbocycles. The number of rotatable bonds is 6. The summed E-state index contributed by atoms with van der Waals surface area (Å²) < 4.78 is 11.2. The first-order valence-electron chi connectivity index (χ1n) is 11.4. The van der Waals surface area contributed by atoms with Crippen LogP contribution < -0.4 is 10.1 Å². The van der Waals surface area contributed by atoms with E-state index in [0.29, 0.717) is 23.4 Å². The SMILES string of the molecule is COc1cccc(-c2noc(C3=C(C)N(Cc4cccc(C)c4)C(=S)NC3c3ccccc3)n2)c1. The first kappa shape index (κ1) is 22.8. The molecule has 1 aliphatic rings. The zero-order valence-electron chi connectivity index (χ0n) is 19.9. The van der Waals surface area contributed by atoms with E-state index in [1.54, 1.807) is 7.11 Å². The van der Waals surface area contributed by atoms with Gasteiger partial charge in [0.25, 0.3) is 5.89 Å². The van der Waals surface area contributed by atoms with Crippen molar-refractivity contribution in [1.29, 1.82) is 0 Å². The van der Waals surface area contributed by atoms with Crippen LogP contribution in [0.3, 0.4) is 0 Å². The van der Waals surface area contributed by atoms with Crippen LogP contribution >= 0.6 is 12.2 Å². The van der Waals surface area contributed by atoms with E-state index in [9.17, 15) is 0 Å². The normalized spacial score (nSPS) is 15.8. The van der Waals surface area contributed by atoms with E-state index < -0.39 is 0 Å². The first-order valence-corrected chi connectivity index (χ1v) is 11.8. The molecular formula is C28H26N4O2S. The third-order valence-corrected chi connectivity index (χ3v) is 6.47. The molecule has 0 radical (unpaired) electrons. The summed E-state index contributed by atoms with van der Waals surface area (Å²) >= 11 is 5.83. The van der Waals surface area contributed by atoms with Crippen molar-refractivity contribution >= 4 is 22.9 Å². The fourth-order valence-corrected chi connectivity index (χ4v) is 4.67. The van der Waals surface area contributed by atoms with Crippen LogP contribution in [0, 0.1) is 6.92 Å². The summed E-state index contributed by atoms with van der Waals surface area (Å²) in [5.74, 6) is 1.70. The number of aryl methyl sites for hydroxylation is 1. The summed E-state index contributed by atoms with van der Waals surface area (Å²) in [6, 6.07) is 26.0. The maximum absolute atomic E-state index is 5.84. The number of thiocarbonyl (C=S) groups is 1. The van der Waals surface area contributed by atoms with Crippen LogP contribution in [-0.2, 0) is 6.54 Å². The Bertz CT molecular complexity index is 1400. The van der Waals surface area contributed by atoms with Crippen molar-refractivity contribution in [3.8, 4) is 17.1 Å². The van der Waals surface area contributed by atoms with Gasteiger partial charge in [-0.25, -0.2) is 0 Å². The van der Waals surface area contributed by atoms with E-state index in [0.717, 1.165) is 28.1 Å². The molecule has 176 valence electrons. The Morgan fingerprint density at radius 2 is 1.80 bits per heavy atom. The minimum Gasteiger partial charge on any atom is -0.497 e. The second-order valence-corrected chi connectivity index (χ2v) is 8.91. The van der Waals surface area contributed by atoms with Crippen molar-refractivity contribution in [3.05, 3.63) is 107 Å². The summed E-state index contributed by atoms with van der Waals surface area (Å²) in [6.07, 6.45) is 0. The number of benzene rings is 3. The van der Waals surface area contributed by atoms with Gasteiger partial charge in [-0.1, -0.05) is 77.5 Å². The van der Waals surface area contributed by atoms with Gasteiger partial charge in [0.2, 0.25) is 5.82 Å². The number of ether oxygens (including phenoxy) is 1. The van der Waals surface area contributed by atoms with Crippen molar-refractivity contribution in [1.82, 2.24) is 20.4 Å². The van der Waals surface area contributed by atoms with Crippen LogP contribution in [-0.4, -0.2) is 27.3 Å². The van der Waals surface area contributed by atoms with Gasteiger partial charge in [0.1, 0.15) is 5.75 Å². The van der Waals surface area contributed by atoms with Crippen molar-refractivity contribution in [2.75, 3.05) is 7.11 Å². The zero-order chi connectivity index (χ0) is 24.4. The van der Waals surface area contributed by atoms with Crippen molar-refractivity contribution < 1.29 is 9.26 Å². The third kappa shape index (κ3) is 4.68. The molecule has 1 unspecified atom stereocenters. The first-order chi connectivity index (χ1) is 17.0. The number of methoxy groups -OCH3 is 1. The lowest BCUT2D eigenvalue weighted by Crippen LogP contribution is -2.45. The Morgan fingerprint density at radius 1 is 1.00 bits per heavy atom. The molecule has 0 spiro atoms. The molecule has 0 bridgehead atoms. The molecule has 0 aliphatic carbocycles. The van der Waals surface area contributed by atoms with Gasteiger partial charge in [0, 0.05) is 17.8 Å². The van der Waals surface area contributed by atoms with Crippen LogP contribution in [0.5, 0.6) is 5.75 Å². The second-order valence-electron chi connectivity index (χ2n) is 8.52. The molecule has 1 aliphatic heterocycles. The molecule has 0 amide bonds. The summed E-state index contributed by atoms with van der Waals surface area (Å²) in [5, 5.41) is 8.46. The maximum Gasteiger partial charge on any atom is 0.258 e. The largest absolute Gasteiger partial charge is 0.497 e. The number of nitrogens with one attached hydrogen (secondary N) is 1. The minimum atomic E-state index is -0.212. The predicted octanol–water partition coefficient (Wildman–Crippen LogP) is 5.92. The Hall–Kier alpha value is -3.97. The quantitative estimate of drug-likeness (QED) is 0.343. The van der Waals surface area contributed by atoms with Gasteiger partial charge in [-0.3, -0.25) is 0 Å². The molecule has 2 heterocycles. The summed E-state index contributed by atoms with van der Waals surface area (Å²) in [7, 11) is 1.64. The molecule has 35 heavy (non-hydrogen) atoms. The number of allylic oxidation sites excluding steroid dienone is 1. The van der Waals surface area contributed by atoms with Crippen LogP contribution in [0.15, 0.2) is 89.1 Å². The lowest BCUT2D eigenvalue weighted by atomic mass is 9.94. The number of aromatic nitrogens is 2. The van der Waals surface area contributed by atoms with Gasteiger partial charge >= 0.3 is 0 Å². The Labute approximate surface area is 210 Å². The maximum atomic E-state index is 5.84. The lowest BCUT2D eigenvalue weighted by molar-refractivity contribution is 0.396. The highest BCUT2D eigenvalue weighted by molar-refractivity contribution is 7.80.